The lowest BCUT2D eigenvalue weighted by molar-refractivity contribution is -0.151. The number of thioether (sulfide) groups is 1. The number of esters is 1. The summed E-state index contributed by atoms with van der Waals surface area (Å²) in [5.41, 5.74) is -0.905. The van der Waals surface area contributed by atoms with Crippen LogP contribution in [0, 0.1) is 24.7 Å². The van der Waals surface area contributed by atoms with Gasteiger partial charge in [0.05, 0.1) is 41.8 Å². The van der Waals surface area contributed by atoms with E-state index in [2.05, 4.69) is 77.2 Å². The fourth-order valence-electron chi connectivity index (χ4n) is 11.5. The molecule has 0 spiro atoms. The Morgan fingerprint density at radius 3 is 2.23 bits per heavy atom. The van der Waals surface area contributed by atoms with Crippen LogP contribution in [0.3, 0.4) is 0 Å². The van der Waals surface area contributed by atoms with Crippen LogP contribution in [0.15, 0.2) is 53.9 Å². The number of H-pyrrole nitrogens is 1. The van der Waals surface area contributed by atoms with Crippen LogP contribution in [0.2, 0.25) is 5.02 Å². The standard InChI is InChI=1S/C62H85ClN14O8S2/c1-43-68-56(86-41-53(80)84-60(2,3)4)49-37-47(87-57(49)69-43)9-8-20-64-51(78)40-83-36-35-73-27-29-75(30-28-73)38-44-15-22-74(23-16-44)39-52(79)76-33-31-72(32-34-76)24-17-50(45-10-12-46(63)13-11-45)70-58(81)62(71-59(82)85-61(5,6)7)18-25-77(26-19-62)55-48-14-21-65-54(48)66-42-67-55/h10-14,21,37,42,44,50H,15-20,22-36,38-41H2,1-7H3,(H,64,78)(H,70,81)(H,71,82)(H,65,66,67)/t50-/m0/s1. The lowest BCUT2D eigenvalue weighted by atomic mass is 9.85. The molecule has 1 aromatic carbocycles. The lowest BCUT2D eigenvalue weighted by Gasteiger charge is -2.42. The zero-order valence-electron chi connectivity index (χ0n) is 51.4. The predicted molar refractivity (Wildman–Crippen MR) is 339 cm³/mol. The van der Waals surface area contributed by atoms with Crippen LogP contribution in [0.1, 0.15) is 96.0 Å². The van der Waals surface area contributed by atoms with Crippen LogP contribution in [0.4, 0.5) is 10.6 Å². The van der Waals surface area contributed by atoms with Crippen molar-refractivity contribution in [3.05, 3.63) is 70.2 Å². The van der Waals surface area contributed by atoms with Gasteiger partial charge in [-0.05, 0) is 129 Å². The van der Waals surface area contributed by atoms with Crippen molar-refractivity contribution in [2.45, 2.75) is 108 Å². The number of nitrogens with one attached hydrogen (secondary N) is 4. The van der Waals surface area contributed by atoms with Gasteiger partial charge in [-0.3, -0.25) is 33.9 Å². The minimum atomic E-state index is -1.24. The van der Waals surface area contributed by atoms with E-state index in [0.29, 0.717) is 86.9 Å². The Labute approximate surface area is 523 Å². The summed E-state index contributed by atoms with van der Waals surface area (Å²) in [4.78, 5) is 103. The largest absolute Gasteiger partial charge is 0.459 e. The summed E-state index contributed by atoms with van der Waals surface area (Å²) >= 11 is 9.12. The van der Waals surface area contributed by atoms with Crippen molar-refractivity contribution >= 4 is 91.6 Å². The Kier molecular flexibility index (Phi) is 22.4. The van der Waals surface area contributed by atoms with Gasteiger partial charge in [-0.15, -0.1) is 11.3 Å². The minimum Gasteiger partial charge on any atom is -0.459 e. The highest BCUT2D eigenvalue weighted by Gasteiger charge is 2.45. The van der Waals surface area contributed by atoms with Gasteiger partial charge in [0.1, 0.15) is 56.8 Å². The number of aromatic nitrogens is 5. The third kappa shape index (κ3) is 19.2. The number of nitrogens with zero attached hydrogens (tertiary/aromatic N) is 10. The van der Waals surface area contributed by atoms with Crippen LogP contribution >= 0.6 is 34.7 Å². The molecular weight excluding hydrogens is 1170 g/mol. The first-order valence-electron chi connectivity index (χ1n) is 30.4. The fourth-order valence-corrected chi connectivity index (χ4v) is 13.5. The number of amides is 4. The van der Waals surface area contributed by atoms with Crippen molar-refractivity contribution in [3.8, 4) is 11.8 Å². The average Bonchev–Trinajstić information content (AvgIpc) is 2.13. The van der Waals surface area contributed by atoms with Gasteiger partial charge in [-0.2, -0.15) is 0 Å². The van der Waals surface area contributed by atoms with Gasteiger partial charge < -0.3 is 49.8 Å². The maximum atomic E-state index is 14.7. The van der Waals surface area contributed by atoms with Gasteiger partial charge in [0.25, 0.3) is 0 Å². The number of alkyl carbamates (subject to hydrolysis) is 1. The number of carbonyl (C=O) groups excluding carboxylic acids is 5. The lowest BCUT2D eigenvalue weighted by Crippen LogP contribution is -2.64. The van der Waals surface area contributed by atoms with Crippen LogP contribution in [0.25, 0.3) is 21.3 Å². The van der Waals surface area contributed by atoms with E-state index >= 15 is 0 Å². The highest BCUT2D eigenvalue weighted by molar-refractivity contribution is 8.00. The van der Waals surface area contributed by atoms with Crippen molar-refractivity contribution in [3.63, 3.8) is 0 Å². The number of piperidine rings is 2. The zero-order valence-corrected chi connectivity index (χ0v) is 53.8. The molecule has 470 valence electrons. The molecule has 22 nitrogen and oxygen atoms in total. The van der Waals surface area contributed by atoms with Gasteiger partial charge in [-0.25, -0.2) is 24.7 Å². The van der Waals surface area contributed by atoms with E-state index in [0.717, 1.165) is 116 Å². The van der Waals surface area contributed by atoms with Crippen molar-refractivity contribution in [1.29, 1.82) is 0 Å². The Balaban J connectivity index is 0.646. The van der Waals surface area contributed by atoms with Gasteiger partial charge >= 0.3 is 12.1 Å². The van der Waals surface area contributed by atoms with Gasteiger partial charge in [0.15, 0.2) is 0 Å². The van der Waals surface area contributed by atoms with Crippen LogP contribution in [-0.2, 0) is 33.4 Å². The SMILES string of the molecule is Cc1nc(SCC(=O)OC(C)(C)C)c2cc(C#CCNC(=O)COCCN3CCN(CC4CCN(CC(=O)N5CCN(CC[C@H](NC(=O)C6(NC(=O)OC(C)(C)C)CCN(c7ncnc8[nH]ccc78)CC6)c6ccc(Cl)cc6)CC5)CC4)CC3)sc2n1. The summed E-state index contributed by atoms with van der Waals surface area (Å²) < 4.78 is 16.9. The van der Waals surface area contributed by atoms with Crippen molar-refractivity contribution < 1.29 is 38.2 Å². The third-order valence-electron chi connectivity index (χ3n) is 16.1. The quantitative estimate of drug-likeness (QED) is 0.0213. The number of halogens is 1. The first-order chi connectivity index (χ1) is 41.6. The Morgan fingerprint density at radius 2 is 1.52 bits per heavy atom. The number of piperazine rings is 2. The molecule has 4 amide bonds. The van der Waals surface area contributed by atoms with E-state index in [1.807, 2.05) is 75.2 Å². The van der Waals surface area contributed by atoms with Gasteiger partial charge in [-0.1, -0.05) is 47.3 Å². The molecule has 25 heteroatoms. The summed E-state index contributed by atoms with van der Waals surface area (Å²) in [6.45, 7) is 25.8. The molecule has 4 saturated heterocycles. The molecule has 8 heterocycles. The summed E-state index contributed by atoms with van der Waals surface area (Å²) in [5, 5.41) is 12.2. The highest BCUT2D eigenvalue weighted by atomic mass is 35.5. The summed E-state index contributed by atoms with van der Waals surface area (Å²) in [5.74, 6) is 7.66. The number of carbonyl (C=O) groups is 5. The summed E-state index contributed by atoms with van der Waals surface area (Å²) in [6, 6.07) is 11.0. The molecule has 4 fully saturated rings. The van der Waals surface area contributed by atoms with Crippen LogP contribution in [0.5, 0.6) is 0 Å². The molecule has 5 aromatic rings. The second-order valence-electron chi connectivity index (χ2n) is 25.0. The molecular formula is C62H85ClN14O8S2. The number of aromatic amines is 1. The van der Waals surface area contributed by atoms with E-state index in [1.54, 1.807) is 20.8 Å². The minimum absolute atomic E-state index is 0.0247. The normalized spacial score (nSPS) is 18.0. The van der Waals surface area contributed by atoms with E-state index in [1.165, 1.54) is 29.4 Å². The topological polar surface area (TPSA) is 236 Å². The summed E-state index contributed by atoms with van der Waals surface area (Å²) in [7, 11) is 0. The Morgan fingerprint density at radius 1 is 0.828 bits per heavy atom. The second-order valence-corrected chi connectivity index (χ2v) is 27.4. The molecule has 87 heavy (non-hydrogen) atoms. The van der Waals surface area contributed by atoms with Crippen molar-refractivity contribution in [2.75, 3.05) is 135 Å². The van der Waals surface area contributed by atoms with Crippen LogP contribution < -0.4 is 20.9 Å². The van der Waals surface area contributed by atoms with E-state index in [-0.39, 0.29) is 48.6 Å². The fraction of sp³-hybridized carbons (Fsp3) is 0.597. The molecule has 4 aromatic heterocycles. The predicted octanol–water partition coefficient (Wildman–Crippen LogP) is 6.13. The second kappa shape index (κ2) is 29.9. The maximum Gasteiger partial charge on any atom is 0.408 e. The van der Waals surface area contributed by atoms with Crippen molar-refractivity contribution in [1.82, 2.24) is 65.4 Å². The molecule has 0 bridgehead atoms. The molecule has 0 unspecified atom stereocenters. The number of ether oxygens (including phenoxy) is 3. The molecule has 9 rings (SSSR count). The molecule has 0 saturated carbocycles. The number of benzene rings is 1. The first kappa shape index (κ1) is 65.3. The maximum absolute atomic E-state index is 14.7. The number of fused-ring (bicyclic) bond motifs is 2. The van der Waals surface area contributed by atoms with Crippen molar-refractivity contribution in [2.24, 2.45) is 5.92 Å². The van der Waals surface area contributed by atoms with Crippen LogP contribution in [-0.4, -0.2) is 226 Å². The smallest absolute Gasteiger partial charge is 0.408 e. The molecule has 0 aliphatic carbocycles. The molecule has 4 aliphatic heterocycles. The molecule has 4 aliphatic rings. The zero-order chi connectivity index (χ0) is 61.7. The number of hydrogen-bond acceptors (Lipinski definition) is 19. The number of likely N-dealkylation sites (tertiary alicyclic amines) is 1. The average molecular weight is 1250 g/mol. The number of rotatable bonds is 21. The van der Waals surface area contributed by atoms with E-state index in [9.17, 15) is 24.0 Å². The van der Waals surface area contributed by atoms with E-state index < -0.39 is 22.8 Å². The number of hydrogen-bond donors (Lipinski definition) is 4. The summed E-state index contributed by atoms with van der Waals surface area (Å²) in [6.07, 6.45) is 6.14. The number of thiophene rings is 1. The molecule has 4 N–H and O–H groups in total. The van der Waals surface area contributed by atoms with Gasteiger partial charge in [0.2, 0.25) is 17.7 Å². The number of anilines is 1. The Hall–Kier alpha value is -6.17. The Bertz CT molecular complexity index is 3220. The van der Waals surface area contributed by atoms with E-state index in [4.69, 9.17) is 25.8 Å². The first-order valence-corrected chi connectivity index (χ1v) is 32.5. The highest BCUT2D eigenvalue weighted by Crippen LogP contribution is 2.34. The van der Waals surface area contributed by atoms with Gasteiger partial charge in [0, 0.05) is 102 Å². The molecule has 0 radical (unpaired) electrons. The molecule has 1 atom stereocenters. The third-order valence-corrected chi connectivity index (χ3v) is 18.3. The monoisotopic (exact) mass is 1250 g/mol. The number of aryl methyl sites for hydroxylation is 1.